The lowest BCUT2D eigenvalue weighted by Gasteiger charge is -2.28. The van der Waals surface area contributed by atoms with Gasteiger partial charge in [-0.3, -0.25) is 0 Å². The van der Waals surface area contributed by atoms with E-state index in [-0.39, 0.29) is 11.0 Å². The number of benzene rings is 1. The Balaban J connectivity index is 1.94. The highest BCUT2D eigenvalue weighted by Crippen LogP contribution is 2.32. The quantitative estimate of drug-likeness (QED) is 0.723. The number of nitrogens with zero attached hydrogens (tertiary/aromatic N) is 6. The number of halogens is 3. The number of hydrogen-bond acceptors (Lipinski definition) is 6. The molecule has 3 aromatic rings. The van der Waals surface area contributed by atoms with E-state index in [9.17, 15) is 13.2 Å². The highest BCUT2D eigenvalue weighted by molar-refractivity contribution is 5.92. The molecule has 4 rings (SSSR count). The highest BCUT2D eigenvalue weighted by atomic mass is 19.4. The summed E-state index contributed by atoms with van der Waals surface area (Å²) >= 11 is 0. The second-order valence-corrected chi connectivity index (χ2v) is 5.29. The molecular weight excluding hydrogens is 311 g/mol. The SMILES string of the molecule is FC(F)(F)c1ccc2nc(N3CCNCC3)n3nnnc3c2c1. The Morgan fingerprint density at radius 1 is 1.13 bits per heavy atom. The fourth-order valence-corrected chi connectivity index (χ4v) is 2.70. The lowest BCUT2D eigenvalue weighted by atomic mass is 10.1. The molecule has 0 amide bonds. The number of hydrogen-bond donors (Lipinski definition) is 1. The standard InChI is InChI=1S/C13H12F3N7/c14-13(15,16)8-1-2-10-9(7-8)11-19-20-21-23(11)12(18-10)22-5-3-17-4-6-22/h1-2,7,17H,3-6H2. The predicted octanol–water partition coefficient (Wildman–Crippen LogP) is 1.10. The van der Waals surface area contributed by atoms with Crippen molar-refractivity contribution in [2.24, 2.45) is 0 Å². The lowest BCUT2D eigenvalue weighted by molar-refractivity contribution is -0.137. The van der Waals surface area contributed by atoms with E-state index in [0.717, 1.165) is 38.3 Å². The van der Waals surface area contributed by atoms with E-state index < -0.39 is 11.7 Å². The van der Waals surface area contributed by atoms with E-state index in [4.69, 9.17) is 0 Å². The smallest absolute Gasteiger partial charge is 0.338 e. The van der Waals surface area contributed by atoms with E-state index >= 15 is 0 Å². The zero-order valence-electron chi connectivity index (χ0n) is 11.9. The first-order chi connectivity index (χ1) is 11.0. The van der Waals surface area contributed by atoms with E-state index in [1.807, 2.05) is 4.90 Å². The molecule has 3 heterocycles. The first kappa shape index (κ1) is 14.1. The van der Waals surface area contributed by atoms with Gasteiger partial charge in [-0.1, -0.05) is 0 Å². The molecule has 0 bridgehead atoms. The van der Waals surface area contributed by atoms with Gasteiger partial charge in [0.15, 0.2) is 5.65 Å². The average Bonchev–Trinajstić information content (AvgIpc) is 3.03. The van der Waals surface area contributed by atoms with Crippen molar-refractivity contribution in [2.75, 3.05) is 31.1 Å². The molecule has 23 heavy (non-hydrogen) atoms. The number of anilines is 1. The lowest BCUT2D eigenvalue weighted by Crippen LogP contribution is -2.44. The first-order valence-corrected chi connectivity index (χ1v) is 7.09. The fraction of sp³-hybridized carbons (Fsp3) is 0.385. The number of aromatic nitrogens is 5. The molecule has 0 unspecified atom stereocenters. The van der Waals surface area contributed by atoms with Crippen molar-refractivity contribution < 1.29 is 13.2 Å². The molecule has 1 saturated heterocycles. The summed E-state index contributed by atoms with van der Waals surface area (Å²) in [5.41, 5.74) is -0.0323. The van der Waals surface area contributed by atoms with Crippen LogP contribution in [-0.4, -0.2) is 51.2 Å². The molecular formula is C13H12F3N7. The molecule has 0 saturated carbocycles. The van der Waals surface area contributed by atoms with Gasteiger partial charge in [-0.25, -0.2) is 4.98 Å². The van der Waals surface area contributed by atoms with Crippen LogP contribution in [-0.2, 0) is 6.18 Å². The van der Waals surface area contributed by atoms with Crippen LogP contribution < -0.4 is 10.2 Å². The van der Waals surface area contributed by atoms with Gasteiger partial charge < -0.3 is 10.2 Å². The van der Waals surface area contributed by atoms with Crippen LogP contribution in [0.15, 0.2) is 18.2 Å². The minimum atomic E-state index is -4.42. The Morgan fingerprint density at radius 3 is 2.65 bits per heavy atom. The summed E-state index contributed by atoms with van der Waals surface area (Å²) in [7, 11) is 0. The largest absolute Gasteiger partial charge is 0.416 e. The van der Waals surface area contributed by atoms with Crippen LogP contribution in [0.3, 0.4) is 0 Å². The number of piperazine rings is 1. The van der Waals surface area contributed by atoms with Crippen LogP contribution in [0.1, 0.15) is 5.56 Å². The molecule has 1 N–H and O–H groups in total. The van der Waals surface area contributed by atoms with E-state index in [2.05, 4.69) is 25.8 Å². The maximum absolute atomic E-state index is 12.9. The normalized spacial score (nSPS) is 16.4. The Hall–Kier alpha value is -2.49. The maximum Gasteiger partial charge on any atom is 0.416 e. The fourth-order valence-electron chi connectivity index (χ4n) is 2.70. The van der Waals surface area contributed by atoms with Gasteiger partial charge in [0.25, 0.3) is 0 Å². The minimum Gasteiger partial charge on any atom is -0.338 e. The van der Waals surface area contributed by atoms with E-state index in [1.165, 1.54) is 10.6 Å². The van der Waals surface area contributed by atoms with Gasteiger partial charge in [0.1, 0.15) is 0 Å². The summed E-state index contributed by atoms with van der Waals surface area (Å²) in [5, 5.41) is 14.9. The Morgan fingerprint density at radius 2 is 1.91 bits per heavy atom. The van der Waals surface area contributed by atoms with Crippen LogP contribution in [0.5, 0.6) is 0 Å². The third kappa shape index (κ3) is 2.34. The molecule has 7 nitrogen and oxygen atoms in total. The second-order valence-electron chi connectivity index (χ2n) is 5.29. The topological polar surface area (TPSA) is 71.2 Å². The number of rotatable bonds is 1. The molecule has 0 atom stereocenters. The minimum absolute atomic E-state index is 0.273. The zero-order chi connectivity index (χ0) is 16.0. The zero-order valence-corrected chi connectivity index (χ0v) is 11.9. The van der Waals surface area contributed by atoms with Crippen molar-refractivity contribution in [3.05, 3.63) is 23.8 Å². The van der Waals surface area contributed by atoms with Crippen molar-refractivity contribution in [3.8, 4) is 0 Å². The Labute approximate surface area is 128 Å². The van der Waals surface area contributed by atoms with Crippen molar-refractivity contribution in [2.45, 2.75) is 6.18 Å². The summed E-state index contributed by atoms with van der Waals surface area (Å²) in [6.45, 7) is 3.06. The monoisotopic (exact) mass is 323 g/mol. The van der Waals surface area contributed by atoms with E-state index in [1.54, 1.807) is 0 Å². The summed E-state index contributed by atoms with van der Waals surface area (Å²) in [4.78, 5) is 6.48. The molecule has 120 valence electrons. The van der Waals surface area contributed by atoms with Gasteiger partial charge in [-0.05, 0) is 28.6 Å². The first-order valence-electron chi connectivity index (χ1n) is 7.09. The van der Waals surface area contributed by atoms with Crippen molar-refractivity contribution >= 4 is 22.5 Å². The van der Waals surface area contributed by atoms with Crippen molar-refractivity contribution in [1.82, 2.24) is 30.3 Å². The number of tetrazole rings is 1. The third-order valence-corrected chi connectivity index (χ3v) is 3.84. The van der Waals surface area contributed by atoms with Crippen LogP contribution in [0.25, 0.3) is 16.6 Å². The predicted molar refractivity (Wildman–Crippen MR) is 76.2 cm³/mol. The third-order valence-electron chi connectivity index (χ3n) is 3.84. The molecule has 1 fully saturated rings. The van der Waals surface area contributed by atoms with Crippen LogP contribution >= 0.6 is 0 Å². The number of fused-ring (bicyclic) bond motifs is 3. The van der Waals surface area contributed by atoms with Gasteiger partial charge in [0.2, 0.25) is 5.95 Å². The van der Waals surface area contributed by atoms with Crippen molar-refractivity contribution in [3.63, 3.8) is 0 Å². The van der Waals surface area contributed by atoms with Gasteiger partial charge in [-0.15, -0.1) is 5.10 Å². The Bertz CT molecular complexity index is 867. The van der Waals surface area contributed by atoms with Gasteiger partial charge in [-0.2, -0.15) is 17.7 Å². The second kappa shape index (κ2) is 5.01. The molecule has 2 aromatic heterocycles. The van der Waals surface area contributed by atoms with Crippen LogP contribution in [0, 0.1) is 0 Å². The summed E-state index contributed by atoms with van der Waals surface area (Å²) < 4.78 is 40.2. The molecule has 1 aliphatic rings. The van der Waals surface area contributed by atoms with Gasteiger partial charge >= 0.3 is 6.18 Å². The maximum atomic E-state index is 12.9. The van der Waals surface area contributed by atoms with E-state index in [0.29, 0.717) is 11.5 Å². The molecule has 0 aliphatic carbocycles. The van der Waals surface area contributed by atoms with Gasteiger partial charge in [0, 0.05) is 31.6 Å². The molecule has 10 heteroatoms. The van der Waals surface area contributed by atoms with Crippen LogP contribution in [0.4, 0.5) is 19.1 Å². The number of nitrogens with one attached hydrogen (secondary N) is 1. The molecule has 1 aromatic carbocycles. The van der Waals surface area contributed by atoms with Crippen molar-refractivity contribution in [1.29, 1.82) is 0 Å². The number of alkyl halides is 3. The average molecular weight is 323 g/mol. The highest BCUT2D eigenvalue weighted by Gasteiger charge is 2.31. The van der Waals surface area contributed by atoms with Crippen LogP contribution in [0.2, 0.25) is 0 Å². The van der Waals surface area contributed by atoms with Gasteiger partial charge in [0.05, 0.1) is 11.1 Å². The molecule has 1 aliphatic heterocycles. The summed E-state index contributed by atoms with van der Waals surface area (Å²) in [6, 6.07) is 3.42. The molecule has 0 radical (unpaired) electrons. The Kier molecular flexibility index (Phi) is 3.08. The molecule has 0 spiro atoms. The summed E-state index contributed by atoms with van der Waals surface area (Å²) in [6.07, 6.45) is -4.42. The summed E-state index contributed by atoms with van der Waals surface area (Å²) in [5.74, 6) is 0.541.